The summed E-state index contributed by atoms with van der Waals surface area (Å²) >= 11 is 12.3. The zero-order valence-electron chi connectivity index (χ0n) is 15.9. The number of benzene rings is 3. The van der Waals surface area contributed by atoms with Gasteiger partial charge in [0.15, 0.2) is 0 Å². The summed E-state index contributed by atoms with van der Waals surface area (Å²) in [6.07, 6.45) is 0. The van der Waals surface area contributed by atoms with Gasteiger partial charge in [-0.25, -0.2) is 0 Å². The van der Waals surface area contributed by atoms with Crippen molar-refractivity contribution >= 4 is 39.7 Å². The van der Waals surface area contributed by atoms with Crippen molar-refractivity contribution in [1.82, 2.24) is 9.91 Å². The van der Waals surface area contributed by atoms with E-state index >= 15 is 0 Å². The summed E-state index contributed by atoms with van der Waals surface area (Å²) in [4.78, 5) is 2.50. The molecule has 0 unspecified atom stereocenters. The summed E-state index contributed by atoms with van der Waals surface area (Å²) in [5.41, 5.74) is 3.24. The Morgan fingerprint density at radius 1 is 0.929 bits per heavy atom. The smallest absolute Gasteiger partial charge is 0.0661 e. The highest BCUT2D eigenvalue weighted by atomic mass is 35.5. The predicted octanol–water partition coefficient (Wildman–Crippen LogP) is 5.69. The summed E-state index contributed by atoms with van der Waals surface area (Å²) in [5, 5.41) is 10.9. The first-order chi connectivity index (χ1) is 13.6. The Labute approximate surface area is 176 Å². The van der Waals surface area contributed by atoms with E-state index in [1.54, 1.807) is 6.07 Å². The first kappa shape index (κ1) is 19.3. The lowest BCUT2D eigenvalue weighted by Gasteiger charge is -2.33. The van der Waals surface area contributed by atoms with Crippen LogP contribution in [-0.2, 0) is 6.54 Å². The number of nitrogens with zero attached hydrogens (tertiary/aromatic N) is 3. The highest BCUT2D eigenvalue weighted by Gasteiger charge is 2.17. The number of hydrogen-bond donors (Lipinski definition) is 0. The van der Waals surface area contributed by atoms with Crippen LogP contribution >= 0.6 is 23.2 Å². The van der Waals surface area contributed by atoms with Gasteiger partial charge in [0.1, 0.15) is 0 Å². The number of halogens is 2. The second-order valence-electron chi connectivity index (χ2n) is 7.18. The van der Waals surface area contributed by atoms with Gasteiger partial charge in [0.25, 0.3) is 0 Å². The topological polar surface area (TPSA) is 18.8 Å². The van der Waals surface area contributed by atoms with Crippen molar-refractivity contribution in [2.75, 3.05) is 26.2 Å². The zero-order chi connectivity index (χ0) is 19.5. The predicted molar refractivity (Wildman–Crippen MR) is 119 cm³/mol. The Bertz CT molecular complexity index is 1000. The summed E-state index contributed by atoms with van der Waals surface area (Å²) < 4.78 is 0. The van der Waals surface area contributed by atoms with Crippen LogP contribution in [0, 0.1) is 0 Å². The van der Waals surface area contributed by atoms with Crippen LogP contribution in [0.3, 0.4) is 0 Å². The molecule has 28 heavy (non-hydrogen) atoms. The van der Waals surface area contributed by atoms with Crippen LogP contribution in [0.15, 0.2) is 65.8 Å². The molecule has 0 radical (unpaired) electrons. The molecule has 144 valence electrons. The number of hydrazone groups is 1. The number of rotatable bonds is 4. The molecule has 1 aliphatic rings. The van der Waals surface area contributed by atoms with Crippen LogP contribution in [0.1, 0.15) is 18.1 Å². The molecule has 1 aliphatic heterocycles. The molecule has 1 fully saturated rings. The van der Waals surface area contributed by atoms with E-state index in [1.807, 2.05) is 19.1 Å². The molecule has 4 rings (SSSR count). The van der Waals surface area contributed by atoms with Gasteiger partial charge in [-0.2, -0.15) is 5.10 Å². The van der Waals surface area contributed by atoms with E-state index in [0.29, 0.717) is 10.0 Å². The lowest BCUT2D eigenvalue weighted by molar-refractivity contribution is 0.131. The molecule has 0 spiro atoms. The summed E-state index contributed by atoms with van der Waals surface area (Å²) in [5.74, 6) is 0. The first-order valence-corrected chi connectivity index (χ1v) is 10.3. The first-order valence-electron chi connectivity index (χ1n) is 9.55. The Balaban J connectivity index is 1.40. The minimum Gasteiger partial charge on any atom is -0.295 e. The molecule has 0 bridgehead atoms. The van der Waals surface area contributed by atoms with Gasteiger partial charge in [0, 0.05) is 43.3 Å². The standard InChI is InChI=1S/C23H23Cl2N3/c1-17(21-10-9-20(24)15-23(21)25)26-28-13-11-27(12-14-28)16-19-7-4-6-18-5-2-3-8-22(18)19/h2-10,15H,11-14,16H2,1H3/b26-17-. The molecule has 0 N–H and O–H groups in total. The van der Waals surface area contributed by atoms with E-state index in [-0.39, 0.29) is 0 Å². The maximum atomic E-state index is 6.31. The van der Waals surface area contributed by atoms with Gasteiger partial charge >= 0.3 is 0 Å². The maximum absolute atomic E-state index is 6.31. The lowest BCUT2D eigenvalue weighted by Crippen LogP contribution is -2.43. The minimum absolute atomic E-state index is 0.642. The second-order valence-corrected chi connectivity index (χ2v) is 8.02. The highest BCUT2D eigenvalue weighted by Crippen LogP contribution is 2.23. The molecule has 3 aromatic carbocycles. The summed E-state index contributed by atoms with van der Waals surface area (Å²) in [7, 11) is 0. The number of piperazine rings is 1. The van der Waals surface area contributed by atoms with Gasteiger partial charge in [-0.15, -0.1) is 0 Å². The van der Waals surface area contributed by atoms with Crippen molar-refractivity contribution in [2.45, 2.75) is 13.5 Å². The molecule has 0 amide bonds. The summed E-state index contributed by atoms with van der Waals surface area (Å²) in [6, 6.07) is 20.7. The van der Waals surface area contributed by atoms with Gasteiger partial charge < -0.3 is 0 Å². The summed E-state index contributed by atoms with van der Waals surface area (Å²) in [6.45, 7) is 6.78. The maximum Gasteiger partial charge on any atom is 0.0661 e. The van der Waals surface area contributed by atoms with E-state index in [1.165, 1.54) is 16.3 Å². The number of hydrogen-bond acceptors (Lipinski definition) is 3. The van der Waals surface area contributed by atoms with Crippen LogP contribution < -0.4 is 0 Å². The fraction of sp³-hybridized carbons (Fsp3) is 0.261. The molecular formula is C23H23Cl2N3. The fourth-order valence-corrected chi connectivity index (χ4v) is 4.26. The Morgan fingerprint density at radius 3 is 2.46 bits per heavy atom. The van der Waals surface area contributed by atoms with Gasteiger partial charge in [0.05, 0.1) is 10.7 Å². The van der Waals surface area contributed by atoms with Crippen molar-refractivity contribution in [2.24, 2.45) is 5.10 Å². The number of fused-ring (bicyclic) bond motifs is 1. The van der Waals surface area contributed by atoms with Gasteiger partial charge in [-0.05, 0) is 35.4 Å². The van der Waals surface area contributed by atoms with Crippen molar-refractivity contribution in [1.29, 1.82) is 0 Å². The molecule has 3 nitrogen and oxygen atoms in total. The van der Waals surface area contributed by atoms with Gasteiger partial charge in [-0.1, -0.05) is 71.7 Å². The van der Waals surface area contributed by atoms with Crippen LogP contribution in [0.5, 0.6) is 0 Å². The minimum atomic E-state index is 0.642. The molecule has 5 heteroatoms. The van der Waals surface area contributed by atoms with Gasteiger partial charge in [0.2, 0.25) is 0 Å². The average molecular weight is 412 g/mol. The Hall–Kier alpha value is -2.07. The van der Waals surface area contributed by atoms with Crippen LogP contribution in [-0.4, -0.2) is 41.8 Å². The normalized spacial score (nSPS) is 16.0. The van der Waals surface area contributed by atoms with Crippen molar-refractivity contribution < 1.29 is 0 Å². The molecule has 0 aliphatic carbocycles. The SMILES string of the molecule is C/C(=N/N1CCN(Cc2cccc3ccccc23)CC1)c1ccc(Cl)cc1Cl. The molecule has 3 aromatic rings. The third-order valence-corrected chi connectivity index (χ3v) is 5.78. The average Bonchev–Trinajstić information content (AvgIpc) is 2.69. The Kier molecular flexibility index (Phi) is 5.86. The fourth-order valence-electron chi connectivity index (χ4n) is 3.72. The largest absolute Gasteiger partial charge is 0.295 e. The molecule has 0 saturated carbocycles. The Morgan fingerprint density at radius 2 is 1.68 bits per heavy atom. The van der Waals surface area contributed by atoms with Crippen LogP contribution in [0.4, 0.5) is 0 Å². The molecular weight excluding hydrogens is 389 g/mol. The third kappa shape index (κ3) is 4.33. The van der Waals surface area contributed by atoms with E-state index in [0.717, 1.165) is 44.0 Å². The lowest BCUT2D eigenvalue weighted by atomic mass is 10.0. The second kappa shape index (κ2) is 8.52. The van der Waals surface area contributed by atoms with E-state index in [4.69, 9.17) is 28.3 Å². The van der Waals surface area contributed by atoms with Crippen molar-refractivity contribution in [3.05, 3.63) is 81.8 Å². The monoisotopic (exact) mass is 411 g/mol. The van der Waals surface area contributed by atoms with E-state index in [9.17, 15) is 0 Å². The zero-order valence-corrected chi connectivity index (χ0v) is 17.4. The molecule has 0 atom stereocenters. The van der Waals surface area contributed by atoms with Crippen molar-refractivity contribution in [3.8, 4) is 0 Å². The van der Waals surface area contributed by atoms with Crippen LogP contribution in [0.25, 0.3) is 10.8 Å². The van der Waals surface area contributed by atoms with Crippen molar-refractivity contribution in [3.63, 3.8) is 0 Å². The molecule has 1 saturated heterocycles. The molecule has 0 aromatic heterocycles. The highest BCUT2D eigenvalue weighted by molar-refractivity contribution is 6.37. The quantitative estimate of drug-likeness (QED) is 0.513. The molecule has 1 heterocycles. The van der Waals surface area contributed by atoms with E-state index in [2.05, 4.69) is 52.4 Å². The van der Waals surface area contributed by atoms with Crippen LogP contribution in [0.2, 0.25) is 10.0 Å². The van der Waals surface area contributed by atoms with E-state index < -0.39 is 0 Å². The third-order valence-electron chi connectivity index (χ3n) is 5.23. The van der Waals surface area contributed by atoms with Gasteiger partial charge in [-0.3, -0.25) is 9.91 Å².